The van der Waals surface area contributed by atoms with Crippen LogP contribution < -0.4 is 0 Å². The fourth-order valence-corrected chi connectivity index (χ4v) is 4.60. The first-order chi connectivity index (χ1) is 15.1. The van der Waals surface area contributed by atoms with Gasteiger partial charge in [-0.25, -0.2) is 0 Å². The quantitative estimate of drug-likeness (QED) is 0.168. The summed E-state index contributed by atoms with van der Waals surface area (Å²) in [5.41, 5.74) is 3.02. The van der Waals surface area contributed by atoms with Crippen molar-refractivity contribution in [1.29, 1.82) is 0 Å². The number of unbranched alkanes of at least 4 members (excludes halogenated alkanes) is 3. The lowest BCUT2D eigenvalue weighted by Crippen LogP contribution is -2.20. The van der Waals surface area contributed by atoms with Gasteiger partial charge < -0.3 is 20.2 Å². The van der Waals surface area contributed by atoms with Crippen LogP contribution in [0.25, 0.3) is 0 Å². The topological polar surface area (TPSA) is 113 Å². The van der Waals surface area contributed by atoms with Gasteiger partial charge >= 0.3 is 0 Å². The molecule has 0 aromatic heterocycles. The molecule has 2 rings (SSSR count). The highest BCUT2D eigenvalue weighted by Gasteiger charge is 2.32. The van der Waals surface area contributed by atoms with Crippen LogP contribution in [0.5, 0.6) is 11.5 Å². The summed E-state index contributed by atoms with van der Waals surface area (Å²) in [5, 5.41) is 40.8. The zero-order valence-electron chi connectivity index (χ0n) is 19.5. The average molecular weight is 448 g/mol. The second-order valence-electron chi connectivity index (χ2n) is 9.53. The molecule has 1 aliphatic carbocycles. The van der Waals surface area contributed by atoms with E-state index in [1.165, 1.54) is 0 Å². The Balaban J connectivity index is 2.12. The second-order valence-corrected chi connectivity index (χ2v) is 9.53. The molecule has 0 aliphatic heterocycles. The zero-order valence-corrected chi connectivity index (χ0v) is 19.5. The summed E-state index contributed by atoms with van der Waals surface area (Å²) in [4.78, 5) is 14.5. The third-order valence-corrected chi connectivity index (χ3v) is 6.61. The lowest BCUT2D eigenvalue weighted by atomic mass is 9.72. The standard InChI is InChI=1S/C25H37NO6/c1-17(2)20-10-9-18(16-27)13-21(20)24-22(28)14-19(15-23(24)29)25(3,4)11-7-5-6-8-12-32-26(30)31/h13-15,20-21,27-29H,1,5-12,16H2,2-4H3/t20-,21+/m1/s1. The van der Waals surface area contributed by atoms with Gasteiger partial charge in [-0.3, -0.25) is 0 Å². The molecule has 7 nitrogen and oxygen atoms in total. The fraction of sp³-hybridized carbons (Fsp3) is 0.600. The summed E-state index contributed by atoms with van der Waals surface area (Å²) < 4.78 is 0. The number of rotatable bonds is 12. The van der Waals surface area contributed by atoms with Crippen molar-refractivity contribution in [3.63, 3.8) is 0 Å². The maximum Gasteiger partial charge on any atom is 0.294 e. The molecule has 0 fully saturated rings. The highest BCUT2D eigenvalue weighted by Crippen LogP contribution is 2.47. The lowest BCUT2D eigenvalue weighted by Gasteiger charge is -2.33. The first-order valence-corrected chi connectivity index (χ1v) is 11.4. The summed E-state index contributed by atoms with van der Waals surface area (Å²) in [6.45, 7) is 10.3. The van der Waals surface area contributed by atoms with Crippen molar-refractivity contribution in [3.05, 3.63) is 57.2 Å². The van der Waals surface area contributed by atoms with E-state index in [4.69, 9.17) is 0 Å². The minimum Gasteiger partial charge on any atom is -0.507 e. The average Bonchev–Trinajstić information content (AvgIpc) is 2.71. The maximum absolute atomic E-state index is 10.9. The van der Waals surface area contributed by atoms with Crippen LogP contribution in [-0.4, -0.2) is 33.6 Å². The van der Waals surface area contributed by atoms with E-state index < -0.39 is 5.09 Å². The number of nitrogens with zero attached hydrogens (tertiary/aromatic N) is 1. The van der Waals surface area contributed by atoms with Crippen LogP contribution in [0.3, 0.4) is 0 Å². The van der Waals surface area contributed by atoms with Gasteiger partial charge in [0, 0.05) is 11.5 Å². The molecule has 0 heterocycles. The highest BCUT2D eigenvalue weighted by atomic mass is 16.9. The van der Waals surface area contributed by atoms with E-state index in [-0.39, 0.29) is 42.0 Å². The van der Waals surface area contributed by atoms with Crippen LogP contribution in [0.2, 0.25) is 0 Å². The Kier molecular flexibility index (Phi) is 9.13. The normalized spacial score (nSPS) is 18.8. The van der Waals surface area contributed by atoms with Crippen molar-refractivity contribution in [2.24, 2.45) is 5.92 Å². The summed E-state index contributed by atoms with van der Waals surface area (Å²) >= 11 is 0. The molecule has 0 saturated carbocycles. The van der Waals surface area contributed by atoms with Crippen LogP contribution in [0.1, 0.15) is 82.8 Å². The molecule has 0 amide bonds. The number of benzene rings is 1. The summed E-state index contributed by atoms with van der Waals surface area (Å²) in [7, 11) is 0. The molecule has 178 valence electrons. The van der Waals surface area contributed by atoms with Gasteiger partial charge in [0.2, 0.25) is 0 Å². The molecule has 0 radical (unpaired) electrons. The summed E-state index contributed by atoms with van der Waals surface area (Å²) in [6.07, 6.45) is 7.78. The van der Waals surface area contributed by atoms with E-state index in [2.05, 4.69) is 25.3 Å². The zero-order chi connectivity index (χ0) is 23.9. The molecule has 0 spiro atoms. The second kappa shape index (κ2) is 11.4. The molecule has 32 heavy (non-hydrogen) atoms. The van der Waals surface area contributed by atoms with Crippen molar-refractivity contribution < 1.29 is 25.2 Å². The van der Waals surface area contributed by atoms with Crippen molar-refractivity contribution in [2.75, 3.05) is 13.2 Å². The van der Waals surface area contributed by atoms with Gasteiger partial charge in [0.15, 0.2) is 0 Å². The molecule has 7 heteroatoms. The Bertz CT molecular complexity index is 822. The van der Waals surface area contributed by atoms with Crippen molar-refractivity contribution >= 4 is 0 Å². The van der Waals surface area contributed by atoms with Gasteiger partial charge in [-0.1, -0.05) is 51.3 Å². The number of allylic oxidation sites excluding steroid dienone is 2. The molecule has 0 saturated heterocycles. The first-order valence-electron chi connectivity index (χ1n) is 11.4. The molecule has 3 N–H and O–H groups in total. The van der Waals surface area contributed by atoms with Crippen LogP contribution in [0, 0.1) is 16.0 Å². The number of phenolic OH excluding ortho intramolecular Hbond substituents is 2. The van der Waals surface area contributed by atoms with E-state index in [1.807, 2.05) is 13.0 Å². The van der Waals surface area contributed by atoms with Gasteiger partial charge in [-0.15, -0.1) is 10.1 Å². The minimum absolute atomic E-state index is 0.0236. The van der Waals surface area contributed by atoms with E-state index in [0.29, 0.717) is 12.0 Å². The van der Waals surface area contributed by atoms with Gasteiger partial charge in [-0.2, -0.15) is 0 Å². The molecular formula is C25H37NO6. The first kappa shape index (κ1) is 25.7. The maximum atomic E-state index is 10.9. The predicted octanol–water partition coefficient (Wildman–Crippen LogP) is 5.52. The number of aliphatic hydroxyl groups is 1. The third-order valence-electron chi connectivity index (χ3n) is 6.61. The molecular weight excluding hydrogens is 410 g/mol. The number of hydrogen-bond acceptors (Lipinski definition) is 6. The summed E-state index contributed by atoms with van der Waals surface area (Å²) in [5.74, 6) is 0.00980. The van der Waals surface area contributed by atoms with E-state index in [1.54, 1.807) is 12.1 Å². The molecule has 0 bridgehead atoms. The molecule has 1 aromatic rings. The Morgan fingerprint density at radius 1 is 1.22 bits per heavy atom. The van der Waals surface area contributed by atoms with Crippen molar-refractivity contribution in [3.8, 4) is 11.5 Å². The lowest BCUT2D eigenvalue weighted by molar-refractivity contribution is -0.757. The van der Waals surface area contributed by atoms with E-state index in [9.17, 15) is 25.4 Å². The monoisotopic (exact) mass is 447 g/mol. The largest absolute Gasteiger partial charge is 0.507 e. The molecule has 2 atom stereocenters. The van der Waals surface area contributed by atoms with Crippen LogP contribution >= 0.6 is 0 Å². The Labute approximate surface area is 190 Å². The predicted molar refractivity (Wildman–Crippen MR) is 124 cm³/mol. The minimum atomic E-state index is -0.766. The SMILES string of the molecule is C=C(C)[C@H]1CCC(CO)=C[C@@H]1c1c(O)cc(C(C)(C)CCCCCCO[N+](=O)[O-])cc1O. The molecule has 1 aromatic carbocycles. The van der Waals surface area contributed by atoms with Gasteiger partial charge in [0.05, 0.1) is 13.2 Å². The smallest absolute Gasteiger partial charge is 0.294 e. The van der Waals surface area contributed by atoms with E-state index >= 15 is 0 Å². The Hall–Kier alpha value is -2.54. The van der Waals surface area contributed by atoms with Gasteiger partial charge in [0.25, 0.3) is 5.09 Å². The fourth-order valence-electron chi connectivity index (χ4n) is 4.60. The van der Waals surface area contributed by atoms with Crippen molar-refractivity contribution in [1.82, 2.24) is 0 Å². The number of aromatic hydroxyl groups is 2. The van der Waals surface area contributed by atoms with Crippen LogP contribution in [0.4, 0.5) is 0 Å². The number of aliphatic hydroxyl groups excluding tert-OH is 1. The summed E-state index contributed by atoms with van der Waals surface area (Å²) in [6, 6.07) is 3.49. The number of phenols is 2. The van der Waals surface area contributed by atoms with Gasteiger partial charge in [0.1, 0.15) is 11.5 Å². The van der Waals surface area contributed by atoms with Crippen LogP contribution in [0.15, 0.2) is 35.9 Å². The van der Waals surface area contributed by atoms with E-state index in [0.717, 1.165) is 55.2 Å². The molecule has 0 unspecified atom stereocenters. The van der Waals surface area contributed by atoms with Crippen LogP contribution in [-0.2, 0) is 10.3 Å². The third kappa shape index (κ3) is 6.73. The molecule has 1 aliphatic rings. The highest BCUT2D eigenvalue weighted by molar-refractivity contribution is 5.53. The number of hydrogen-bond donors (Lipinski definition) is 3. The van der Waals surface area contributed by atoms with Crippen molar-refractivity contribution in [2.45, 2.75) is 77.0 Å². The Morgan fingerprint density at radius 3 is 2.41 bits per heavy atom. The Morgan fingerprint density at radius 2 is 1.84 bits per heavy atom. The van der Waals surface area contributed by atoms with Gasteiger partial charge in [-0.05, 0) is 67.2 Å².